The Morgan fingerprint density at radius 3 is 2.53 bits per heavy atom. The van der Waals surface area contributed by atoms with Crippen molar-refractivity contribution in [2.45, 2.75) is 25.6 Å². The highest BCUT2D eigenvalue weighted by Crippen LogP contribution is 2.37. The van der Waals surface area contributed by atoms with Crippen molar-refractivity contribution in [2.75, 3.05) is 11.9 Å². The van der Waals surface area contributed by atoms with Gasteiger partial charge in [-0.2, -0.15) is 18.3 Å². The van der Waals surface area contributed by atoms with E-state index in [9.17, 15) is 18.0 Å². The molecule has 1 amide bonds. The molecule has 32 heavy (non-hydrogen) atoms. The van der Waals surface area contributed by atoms with Gasteiger partial charge in [0.05, 0.1) is 22.5 Å². The number of amides is 1. The number of aromatic nitrogens is 2. The van der Waals surface area contributed by atoms with Crippen LogP contribution in [0, 0.1) is 0 Å². The van der Waals surface area contributed by atoms with Crippen LogP contribution in [0.1, 0.15) is 29.8 Å². The van der Waals surface area contributed by atoms with Crippen LogP contribution in [0.3, 0.4) is 0 Å². The van der Waals surface area contributed by atoms with Crippen LogP contribution in [0.25, 0.3) is 11.3 Å². The van der Waals surface area contributed by atoms with Crippen LogP contribution in [-0.2, 0) is 13.2 Å². The first-order chi connectivity index (χ1) is 14.8. The fourth-order valence-corrected chi connectivity index (χ4v) is 3.20. The molecule has 0 aliphatic heterocycles. The van der Waals surface area contributed by atoms with Crippen LogP contribution < -0.4 is 15.8 Å². The summed E-state index contributed by atoms with van der Waals surface area (Å²) in [5, 5.41) is 7.11. The summed E-state index contributed by atoms with van der Waals surface area (Å²) in [4.78, 5) is 12.6. The summed E-state index contributed by atoms with van der Waals surface area (Å²) in [6, 6.07) is 9.03. The molecule has 0 saturated carbocycles. The van der Waals surface area contributed by atoms with Gasteiger partial charge in [-0.3, -0.25) is 9.48 Å². The van der Waals surface area contributed by atoms with E-state index in [4.69, 9.17) is 22.1 Å². The van der Waals surface area contributed by atoms with Crippen LogP contribution in [0.2, 0.25) is 5.02 Å². The molecule has 3 N–H and O–H groups in total. The smallest absolute Gasteiger partial charge is 0.416 e. The number of hydrogen-bond donors (Lipinski definition) is 2. The number of aryl methyl sites for hydroxylation is 1. The first-order valence-corrected chi connectivity index (χ1v) is 9.95. The summed E-state index contributed by atoms with van der Waals surface area (Å²) < 4.78 is 46.3. The number of alkyl halides is 3. The highest BCUT2D eigenvalue weighted by molar-refractivity contribution is 6.33. The van der Waals surface area contributed by atoms with E-state index in [1.807, 2.05) is 13.8 Å². The molecular weight excluding hydrogens is 445 g/mol. The second-order valence-electron chi connectivity index (χ2n) is 7.99. The van der Waals surface area contributed by atoms with Gasteiger partial charge in [0.2, 0.25) is 0 Å². The predicted molar refractivity (Wildman–Crippen MR) is 117 cm³/mol. The molecular formula is C22H22ClF3N4O2. The number of benzene rings is 2. The van der Waals surface area contributed by atoms with E-state index >= 15 is 0 Å². The maximum atomic E-state index is 13.0. The maximum Gasteiger partial charge on any atom is 0.416 e. The van der Waals surface area contributed by atoms with Gasteiger partial charge in [0.25, 0.3) is 5.91 Å². The molecule has 0 fully saturated rings. The number of rotatable bonds is 6. The molecule has 0 atom stereocenters. The van der Waals surface area contributed by atoms with Crippen LogP contribution >= 0.6 is 11.6 Å². The van der Waals surface area contributed by atoms with E-state index < -0.39 is 23.2 Å². The van der Waals surface area contributed by atoms with Crippen molar-refractivity contribution in [3.05, 3.63) is 64.8 Å². The van der Waals surface area contributed by atoms with Gasteiger partial charge in [0, 0.05) is 29.4 Å². The second-order valence-corrected chi connectivity index (χ2v) is 8.39. The van der Waals surface area contributed by atoms with Gasteiger partial charge in [-0.05, 0) is 50.2 Å². The predicted octanol–water partition coefficient (Wildman–Crippen LogP) is 5.13. The number of hydrogen-bond acceptors (Lipinski definition) is 4. The van der Waals surface area contributed by atoms with Crippen LogP contribution in [0.15, 0.2) is 48.7 Å². The minimum absolute atomic E-state index is 0.120. The molecule has 0 bridgehead atoms. The fourth-order valence-electron chi connectivity index (χ4n) is 2.94. The molecule has 2 aromatic carbocycles. The molecule has 170 valence electrons. The third-order valence-corrected chi connectivity index (χ3v) is 4.72. The number of ether oxygens (including phenoxy) is 1. The highest BCUT2D eigenvalue weighted by Gasteiger charge is 2.31. The number of nitrogens with two attached hydrogens (primary N) is 1. The first-order valence-electron chi connectivity index (χ1n) is 9.57. The third-order valence-electron chi connectivity index (χ3n) is 4.44. The van der Waals surface area contributed by atoms with E-state index in [-0.39, 0.29) is 12.2 Å². The highest BCUT2D eigenvalue weighted by atomic mass is 35.5. The van der Waals surface area contributed by atoms with E-state index in [0.717, 1.165) is 12.1 Å². The minimum atomic E-state index is -4.55. The third kappa shape index (κ3) is 5.60. The molecule has 0 aliphatic rings. The molecule has 3 rings (SSSR count). The first kappa shape index (κ1) is 23.6. The van der Waals surface area contributed by atoms with Crippen molar-refractivity contribution in [1.82, 2.24) is 9.78 Å². The number of anilines is 1. The van der Waals surface area contributed by atoms with Crippen LogP contribution in [0.5, 0.6) is 5.75 Å². The quantitative estimate of drug-likeness (QED) is 0.527. The van der Waals surface area contributed by atoms with E-state index in [1.54, 1.807) is 29.9 Å². The van der Waals surface area contributed by atoms with Gasteiger partial charge in [0.15, 0.2) is 0 Å². The monoisotopic (exact) mass is 466 g/mol. The molecule has 10 heteroatoms. The van der Waals surface area contributed by atoms with E-state index in [2.05, 4.69) is 10.4 Å². The largest absolute Gasteiger partial charge is 0.491 e. The lowest BCUT2D eigenvalue weighted by molar-refractivity contribution is -0.137. The Labute approximate surface area is 188 Å². The van der Waals surface area contributed by atoms with Crippen molar-refractivity contribution in [1.29, 1.82) is 0 Å². The van der Waals surface area contributed by atoms with Crippen molar-refractivity contribution < 1.29 is 22.7 Å². The summed E-state index contributed by atoms with van der Waals surface area (Å²) in [7, 11) is 1.70. The van der Waals surface area contributed by atoms with E-state index in [1.165, 1.54) is 18.3 Å². The molecule has 6 nitrogen and oxygen atoms in total. The van der Waals surface area contributed by atoms with E-state index in [0.29, 0.717) is 27.7 Å². The summed E-state index contributed by atoms with van der Waals surface area (Å²) in [5.74, 6) is -0.221. The molecule has 3 aromatic rings. The van der Waals surface area contributed by atoms with Crippen molar-refractivity contribution in [3.63, 3.8) is 0 Å². The van der Waals surface area contributed by atoms with Gasteiger partial charge in [-0.1, -0.05) is 17.7 Å². The van der Waals surface area contributed by atoms with Gasteiger partial charge in [0.1, 0.15) is 12.4 Å². The number of carbonyl (C=O) groups is 1. The number of nitrogens with one attached hydrogen (secondary N) is 1. The number of halogens is 4. The zero-order chi connectivity index (χ0) is 23.7. The van der Waals surface area contributed by atoms with Gasteiger partial charge in [-0.15, -0.1) is 0 Å². The number of carbonyl (C=O) groups excluding carboxylic acids is 1. The molecule has 0 radical (unpaired) electrons. The average molecular weight is 467 g/mol. The van der Waals surface area contributed by atoms with Gasteiger partial charge in [-0.25, -0.2) is 0 Å². The molecule has 0 saturated heterocycles. The molecule has 0 unspecified atom stereocenters. The van der Waals surface area contributed by atoms with Gasteiger partial charge >= 0.3 is 6.18 Å². The Hall–Kier alpha value is -3.04. The van der Waals surface area contributed by atoms with Crippen LogP contribution in [0.4, 0.5) is 18.9 Å². The molecule has 1 heterocycles. The summed E-state index contributed by atoms with van der Waals surface area (Å²) in [5.41, 5.74) is 5.83. The SMILES string of the molecule is Cn1ncc(Cl)c1-c1cc(NC(=O)c2cccc(C(F)(F)F)c2)ccc1OCC(C)(C)N. The van der Waals surface area contributed by atoms with Crippen molar-refractivity contribution in [2.24, 2.45) is 12.8 Å². The standard InChI is InChI=1S/C22H22ClF3N4O2/c1-21(2,27)12-32-18-8-7-15(10-16(18)19-17(23)11-28-30(19)3)29-20(31)13-5-4-6-14(9-13)22(24,25)26/h4-11H,12,27H2,1-3H3,(H,29,31). The van der Waals surface area contributed by atoms with Gasteiger partial charge < -0.3 is 15.8 Å². The maximum absolute atomic E-state index is 13.0. The Bertz CT molecular complexity index is 1120. The lowest BCUT2D eigenvalue weighted by Gasteiger charge is -2.21. The average Bonchev–Trinajstić information content (AvgIpc) is 3.03. The summed E-state index contributed by atoms with van der Waals surface area (Å²) in [6.45, 7) is 3.84. The minimum Gasteiger partial charge on any atom is -0.491 e. The lowest BCUT2D eigenvalue weighted by atomic mass is 10.1. The molecule has 0 aliphatic carbocycles. The molecule has 1 aromatic heterocycles. The number of nitrogens with zero attached hydrogens (tertiary/aromatic N) is 2. The summed E-state index contributed by atoms with van der Waals surface area (Å²) >= 11 is 6.30. The zero-order valence-electron chi connectivity index (χ0n) is 17.6. The Morgan fingerprint density at radius 2 is 1.94 bits per heavy atom. The van der Waals surface area contributed by atoms with Crippen LogP contribution in [-0.4, -0.2) is 27.8 Å². The summed E-state index contributed by atoms with van der Waals surface area (Å²) in [6.07, 6.45) is -3.07. The van der Waals surface area contributed by atoms with Crippen molar-refractivity contribution >= 4 is 23.2 Å². The second kappa shape index (κ2) is 8.84. The fraction of sp³-hybridized carbons (Fsp3) is 0.273. The Kier molecular flexibility index (Phi) is 6.52. The Balaban J connectivity index is 1.94. The molecule has 0 spiro atoms. The zero-order valence-corrected chi connectivity index (χ0v) is 18.4. The van der Waals surface area contributed by atoms with Crippen molar-refractivity contribution in [3.8, 4) is 17.0 Å². The topological polar surface area (TPSA) is 82.2 Å². The Morgan fingerprint density at radius 1 is 1.22 bits per heavy atom. The lowest BCUT2D eigenvalue weighted by Crippen LogP contribution is -2.38. The normalized spacial score (nSPS) is 12.0.